The van der Waals surface area contributed by atoms with Crippen molar-refractivity contribution >= 4 is 29.0 Å². The fraction of sp³-hybridized carbons (Fsp3) is 0.143. The first-order valence-corrected chi connectivity index (χ1v) is 6.36. The molecule has 0 spiro atoms. The Hall–Kier alpha value is -2.11. The summed E-state index contributed by atoms with van der Waals surface area (Å²) in [6.45, 7) is -0.0281. The number of pyridine rings is 1. The fourth-order valence-corrected chi connectivity index (χ4v) is 1.86. The van der Waals surface area contributed by atoms with E-state index in [0.29, 0.717) is 17.1 Å². The minimum absolute atomic E-state index is 0.0281. The van der Waals surface area contributed by atoms with Crippen LogP contribution in [0.4, 0.5) is 11.5 Å². The molecule has 1 amide bonds. The Labute approximate surface area is 121 Å². The first-order valence-electron chi connectivity index (χ1n) is 5.99. The van der Waals surface area contributed by atoms with Crippen molar-refractivity contribution in [3.8, 4) is 0 Å². The third-order valence-corrected chi connectivity index (χ3v) is 2.90. The number of carbonyl (C=O) groups is 1. The predicted octanol–water partition coefficient (Wildman–Crippen LogP) is 2.52. The monoisotopic (exact) mass is 291 g/mol. The maximum atomic E-state index is 12.1. The van der Waals surface area contributed by atoms with Crippen molar-refractivity contribution in [2.75, 3.05) is 17.7 Å². The first kappa shape index (κ1) is 14.3. The highest BCUT2D eigenvalue weighted by atomic mass is 35.5. The standard InChI is InChI=1S/C14H14ClN3O2/c1-16-13-7-10(6-12(15)18-13)14(20)17-11-4-2-9(8-19)3-5-11/h2-7,19H,8H2,1H3,(H,16,18)(H,17,20). The molecule has 0 aliphatic carbocycles. The summed E-state index contributed by atoms with van der Waals surface area (Å²) >= 11 is 5.86. The summed E-state index contributed by atoms with van der Waals surface area (Å²) < 4.78 is 0. The van der Waals surface area contributed by atoms with Crippen molar-refractivity contribution in [2.45, 2.75) is 6.61 Å². The summed E-state index contributed by atoms with van der Waals surface area (Å²) in [5.41, 5.74) is 1.85. The molecular formula is C14H14ClN3O2. The molecular weight excluding hydrogens is 278 g/mol. The van der Waals surface area contributed by atoms with Crippen LogP contribution in [0.5, 0.6) is 0 Å². The third kappa shape index (κ3) is 3.46. The largest absolute Gasteiger partial charge is 0.392 e. The van der Waals surface area contributed by atoms with Gasteiger partial charge in [0.15, 0.2) is 0 Å². The summed E-state index contributed by atoms with van der Waals surface area (Å²) in [7, 11) is 1.70. The van der Waals surface area contributed by atoms with Crippen LogP contribution in [0, 0.1) is 0 Å². The molecule has 0 saturated carbocycles. The average Bonchev–Trinajstić information content (AvgIpc) is 2.47. The number of benzene rings is 1. The van der Waals surface area contributed by atoms with Crippen LogP contribution in [0.15, 0.2) is 36.4 Å². The van der Waals surface area contributed by atoms with Gasteiger partial charge in [-0.25, -0.2) is 4.98 Å². The van der Waals surface area contributed by atoms with Crippen molar-refractivity contribution in [3.05, 3.63) is 52.7 Å². The Kier molecular flexibility index (Phi) is 4.55. The molecule has 0 fully saturated rings. The van der Waals surface area contributed by atoms with Gasteiger partial charge in [-0.15, -0.1) is 0 Å². The number of nitrogens with zero attached hydrogens (tertiary/aromatic N) is 1. The van der Waals surface area contributed by atoms with Gasteiger partial charge in [-0.2, -0.15) is 0 Å². The van der Waals surface area contributed by atoms with Crippen LogP contribution in [0.1, 0.15) is 15.9 Å². The number of halogens is 1. The van der Waals surface area contributed by atoms with Crippen LogP contribution >= 0.6 is 11.6 Å². The van der Waals surface area contributed by atoms with Gasteiger partial charge in [-0.05, 0) is 29.8 Å². The highest BCUT2D eigenvalue weighted by molar-refractivity contribution is 6.30. The number of aliphatic hydroxyl groups is 1. The van der Waals surface area contributed by atoms with Crippen LogP contribution < -0.4 is 10.6 Å². The molecule has 0 aliphatic heterocycles. The number of aromatic nitrogens is 1. The Morgan fingerprint density at radius 1 is 1.30 bits per heavy atom. The number of anilines is 2. The van der Waals surface area contributed by atoms with Crippen molar-refractivity contribution in [2.24, 2.45) is 0 Å². The van der Waals surface area contributed by atoms with E-state index in [2.05, 4.69) is 15.6 Å². The van der Waals surface area contributed by atoms with Gasteiger partial charge >= 0.3 is 0 Å². The van der Waals surface area contributed by atoms with Gasteiger partial charge in [-0.1, -0.05) is 23.7 Å². The van der Waals surface area contributed by atoms with E-state index >= 15 is 0 Å². The highest BCUT2D eigenvalue weighted by Gasteiger charge is 2.09. The van der Waals surface area contributed by atoms with Crippen LogP contribution in [-0.2, 0) is 6.61 Å². The van der Waals surface area contributed by atoms with Gasteiger partial charge in [0.1, 0.15) is 11.0 Å². The maximum absolute atomic E-state index is 12.1. The lowest BCUT2D eigenvalue weighted by Gasteiger charge is -2.08. The fourth-order valence-electron chi connectivity index (χ4n) is 1.65. The van der Waals surface area contributed by atoms with E-state index in [-0.39, 0.29) is 17.7 Å². The third-order valence-electron chi connectivity index (χ3n) is 2.71. The van der Waals surface area contributed by atoms with Crippen molar-refractivity contribution < 1.29 is 9.90 Å². The minimum Gasteiger partial charge on any atom is -0.392 e. The van der Waals surface area contributed by atoms with Gasteiger partial charge in [0.25, 0.3) is 5.91 Å². The first-order chi connectivity index (χ1) is 9.62. The molecule has 6 heteroatoms. The second-order valence-corrected chi connectivity index (χ2v) is 4.51. The zero-order valence-corrected chi connectivity index (χ0v) is 11.6. The molecule has 104 valence electrons. The quantitative estimate of drug-likeness (QED) is 0.757. The van der Waals surface area contributed by atoms with E-state index in [1.54, 1.807) is 37.4 Å². The number of amides is 1. The average molecular weight is 292 g/mol. The number of carbonyl (C=O) groups excluding carboxylic acids is 1. The lowest BCUT2D eigenvalue weighted by atomic mass is 10.2. The van der Waals surface area contributed by atoms with E-state index in [1.807, 2.05) is 0 Å². The van der Waals surface area contributed by atoms with Gasteiger partial charge in [-0.3, -0.25) is 4.79 Å². The SMILES string of the molecule is CNc1cc(C(=O)Nc2ccc(CO)cc2)cc(Cl)n1. The van der Waals surface area contributed by atoms with E-state index in [4.69, 9.17) is 16.7 Å². The molecule has 0 bridgehead atoms. The molecule has 0 radical (unpaired) electrons. The Balaban J connectivity index is 2.16. The molecule has 1 aromatic heterocycles. The topological polar surface area (TPSA) is 74.2 Å². The number of hydrogen-bond donors (Lipinski definition) is 3. The smallest absolute Gasteiger partial charge is 0.255 e. The van der Waals surface area contributed by atoms with Crippen molar-refractivity contribution in [3.63, 3.8) is 0 Å². The number of rotatable bonds is 4. The second kappa shape index (κ2) is 6.36. The molecule has 0 unspecified atom stereocenters. The molecule has 20 heavy (non-hydrogen) atoms. The summed E-state index contributed by atoms with van der Waals surface area (Å²) in [4.78, 5) is 16.1. The summed E-state index contributed by atoms with van der Waals surface area (Å²) in [6.07, 6.45) is 0. The van der Waals surface area contributed by atoms with Crippen molar-refractivity contribution in [1.82, 2.24) is 4.98 Å². The van der Waals surface area contributed by atoms with Gasteiger partial charge in [0, 0.05) is 18.3 Å². The number of aliphatic hydroxyl groups excluding tert-OH is 1. The molecule has 5 nitrogen and oxygen atoms in total. The van der Waals surface area contributed by atoms with Crippen LogP contribution in [-0.4, -0.2) is 23.0 Å². The van der Waals surface area contributed by atoms with Gasteiger partial charge in [0.2, 0.25) is 0 Å². The molecule has 2 aromatic rings. The summed E-state index contributed by atoms with van der Waals surface area (Å²) in [6, 6.07) is 10.1. The Morgan fingerprint density at radius 3 is 2.60 bits per heavy atom. The normalized spacial score (nSPS) is 10.2. The van der Waals surface area contributed by atoms with Crippen molar-refractivity contribution in [1.29, 1.82) is 0 Å². The number of nitrogens with one attached hydrogen (secondary N) is 2. The molecule has 2 rings (SSSR count). The van der Waals surface area contributed by atoms with Crippen LogP contribution in [0.25, 0.3) is 0 Å². The second-order valence-electron chi connectivity index (χ2n) is 4.12. The van der Waals surface area contributed by atoms with E-state index in [9.17, 15) is 4.79 Å². The van der Waals surface area contributed by atoms with Crippen LogP contribution in [0.2, 0.25) is 5.15 Å². The predicted molar refractivity (Wildman–Crippen MR) is 79.1 cm³/mol. The molecule has 1 aromatic carbocycles. The summed E-state index contributed by atoms with van der Waals surface area (Å²) in [5, 5.41) is 14.8. The molecule has 1 heterocycles. The molecule has 0 atom stereocenters. The molecule has 0 aliphatic rings. The zero-order valence-electron chi connectivity index (χ0n) is 10.9. The molecule has 3 N–H and O–H groups in total. The van der Waals surface area contributed by atoms with E-state index < -0.39 is 0 Å². The lowest BCUT2D eigenvalue weighted by molar-refractivity contribution is 0.102. The lowest BCUT2D eigenvalue weighted by Crippen LogP contribution is -2.12. The maximum Gasteiger partial charge on any atom is 0.255 e. The van der Waals surface area contributed by atoms with E-state index in [0.717, 1.165) is 5.56 Å². The zero-order chi connectivity index (χ0) is 14.5. The summed E-state index contributed by atoms with van der Waals surface area (Å²) in [5.74, 6) is 0.251. The van der Waals surface area contributed by atoms with Crippen LogP contribution in [0.3, 0.4) is 0 Å². The molecule has 0 saturated heterocycles. The van der Waals surface area contributed by atoms with E-state index in [1.165, 1.54) is 6.07 Å². The number of hydrogen-bond acceptors (Lipinski definition) is 4. The minimum atomic E-state index is -0.275. The Bertz CT molecular complexity index is 614. The van der Waals surface area contributed by atoms with Gasteiger partial charge in [0.05, 0.1) is 6.61 Å². The highest BCUT2D eigenvalue weighted by Crippen LogP contribution is 2.16. The van der Waals surface area contributed by atoms with Gasteiger partial charge < -0.3 is 15.7 Å². The Morgan fingerprint density at radius 2 is 2.00 bits per heavy atom.